The highest BCUT2D eigenvalue weighted by Crippen LogP contribution is 2.30. The fraction of sp³-hybridized carbons (Fsp3) is 0.333. The van der Waals surface area contributed by atoms with E-state index in [4.69, 9.17) is 5.73 Å². The summed E-state index contributed by atoms with van der Waals surface area (Å²) in [4.78, 5) is 17.2. The van der Waals surface area contributed by atoms with Gasteiger partial charge in [-0.3, -0.25) is 4.79 Å². The number of thiazole rings is 1. The number of nitrogens with one attached hydrogen (secondary N) is 1. The van der Waals surface area contributed by atoms with Gasteiger partial charge in [0.15, 0.2) is 5.13 Å². The van der Waals surface area contributed by atoms with Crippen LogP contribution in [0.25, 0.3) is 0 Å². The smallest absolute Gasteiger partial charge is 0.230 e. The number of hydrogen-bond donors (Lipinski definition) is 2. The van der Waals surface area contributed by atoms with Crippen molar-refractivity contribution in [3.8, 4) is 0 Å². The molecule has 0 aliphatic heterocycles. The third-order valence-corrected chi connectivity index (χ3v) is 5.86. The molecule has 1 unspecified atom stereocenters. The van der Waals surface area contributed by atoms with Crippen LogP contribution in [0.3, 0.4) is 0 Å². The van der Waals surface area contributed by atoms with Gasteiger partial charge in [-0.05, 0) is 25.3 Å². The van der Waals surface area contributed by atoms with Crippen LogP contribution in [0.5, 0.6) is 0 Å². The van der Waals surface area contributed by atoms with E-state index in [1.807, 2.05) is 31.4 Å². The Morgan fingerprint density at radius 3 is 3.00 bits per heavy atom. The third kappa shape index (κ3) is 3.95. The monoisotopic (exact) mass is 313 g/mol. The lowest BCUT2D eigenvalue weighted by molar-refractivity contribution is -0.119. The Bertz CT molecular complexity index is 551. The van der Waals surface area contributed by atoms with E-state index in [0.29, 0.717) is 10.9 Å². The van der Waals surface area contributed by atoms with Crippen molar-refractivity contribution in [3.05, 3.63) is 28.1 Å². The highest BCUT2D eigenvalue weighted by molar-refractivity contribution is 8.01. The SMILES string of the molecule is Cc1nc(N)sc1SCC(=O)NC(C)c1cccs1. The molecule has 19 heavy (non-hydrogen) atoms. The van der Waals surface area contributed by atoms with Gasteiger partial charge in [0.2, 0.25) is 5.91 Å². The first-order valence-corrected chi connectivity index (χ1v) is 8.43. The zero-order chi connectivity index (χ0) is 13.8. The van der Waals surface area contributed by atoms with Gasteiger partial charge in [0.1, 0.15) is 0 Å². The van der Waals surface area contributed by atoms with Crippen LogP contribution in [0.1, 0.15) is 23.5 Å². The Morgan fingerprint density at radius 2 is 2.42 bits per heavy atom. The fourth-order valence-corrected chi connectivity index (χ4v) is 4.13. The molecular weight excluding hydrogens is 298 g/mol. The van der Waals surface area contributed by atoms with Crippen LogP contribution in [0.4, 0.5) is 5.13 Å². The molecule has 0 fully saturated rings. The minimum atomic E-state index is 0.0253. The maximum atomic E-state index is 11.9. The number of nitrogens with two attached hydrogens (primary N) is 1. The van der Waals surface area contributed by atoms with Gasteiger partial charge in [-0.25, -0.2) is 4.98 Å². The number of aryl methyl sites for hydroxylation is 1. The molecule has 2 rings (SSSR count). The molecule has 0 aliphatic rings. The standard InChI is InChI=1S/C12H15N3OS3/c1-7(9-4-3-5-17-9)14-10(16)6-18-11-8(2)15-12(13)19-11/h3-5,7H,6H2,1-2H3,(H2,13,15)(H,14,16). The van der Waals surface area contributed by atoms with Gasteiger partial charge in [-0.2, -0.15) is 0 Å². The largest absolute Gasteiger partial charge is 0.375 e. The molecule has 3 N–H and O–H groups in total. The summed E-state index contributed by atoms with van der Waals surface area (Å²) in [5.74, 6) is 0.412. The van der Waals surface area contributed by atoms with Crippen molar-refractivity contribution < 1.29 is 4.79 Å². The van der Waals surface area contributed by atoms with Gasteiger partial charge in [-0.15, -0.1) is 23.1 Å². The van der Waals surface area contributed by atoms with E-state index >= 15 is 0 Å². The molecule has 2 aromatic heterocycles. The number of hydrogen-bond acceptors (Lipinski definition) is 6. The first kappa shape index (κ1) is 14.4. The number of anilines is 1. The molecule has 4 nitrogen and oxygen atoms in total. The van der Waals surface area contributed by atoms with E-state index < -0.39 is 0 Å². The van der Waals surface area contributed by atoms with E-state index in [1.54, 1.807) is 11.3 Å². The van der Waals surface area contributed by atoms with Crippen LogP contribution in [-0.2, 0) is 4.79 Å². The molecule has 2 aromatic rings. The van der Waals surface area contributed by atoms with E-state index in [9.17, 15) is 4.79 Å². The van der Waals surface area contributed by atoms with Crippen LogP contribution in [0.2, 0.25) is 0 Å². The van der Waals surface area contributed by atoms with Crippen molar-refractivity contribution in [3.63, 3.8) is 0 Å². The summed E-state index contributed by atoms with van der Waals surface area (Å²) in [5, 5.41) is 5.54. The molecule has 0 aliphatic carbocycles. The van der Waals surface area contributed by atoms with E-state index in [0.717, 1.165) is 14.8 Å². The lowest BCUT2D eigenvalue weighted by Crippen LogP contribution is -2.27. The van der Waals surface area contributed by atoms with Gasteiger partial charge in [0.05, 0.1) is 21.7 Å². The summed E-state index contributed by atoms with van der Waals surface area (Å²) in [5.41, 5.74) is 6.52. The molecule has 102 valence electrons. The second kappa shape index (κ2) is 6.40. The Morgan fingerprint density at radius 1 is 1.63 bits per heavy atom. The predicted molar refractivity (Wildman–Crippen MR) is 82.9 cm³/mol. The normalized spacial score (nSPS) is 12.3. The van der Waals surface area contributed by atoms with Crippen molar-refractivity contribution in [1.82, 2.24) is 10.3 Å². The minimum absolute atomic E-state index is 0.0253. The Labute approximate surface area is 124 Å². The molecule has 1 amide bonds. The van der Waals surface area contributed by atoms with Crippen LogP contribution in [-0.4, -0.2) is 16.6 Å². The Kier molecular flexibility index (Phi) is 4.84. The first-order chi connectivity index (χ1) is 9.06. The average molecular weight is 313 g/mol. The van der Waals surface area contributed by atoms with Crippen LogP contribution >= 0.6 is 34.4 Å². The summed E-state index contributed by atoms with van der Waals surface area (Å²) < 4.78 is 1.01. The summed E-state index contributed by atoms with van der Waals surface area (Å²) in [6.07, 6.45) is 0. The highest BCUT2D eigenvalue weighted by Gasteiger charge is 2.12. The number of aromatic nitrogens is 1. The summed E-state index contributed by atoms with van der Waals surface area (Å²) in [6.45, 7) is 3.89. The van der Waals surface area contributed by atoms with Gasteiger partial charge >= 0.3 is 0 Å². The molecule has 0 saturated carbocycles. The summed E-state index contributed by atoms with van der Waals surface area (Å²) in [6, 6.07) is 4.07. The molecular formula is C12H15N3OS3. The number of amides is 1. The molecule has 0 bridgehead atoms. The van der Waals surface area contributed by atoms with Gasteiger partial charge in [0.25, 0.3) is 0 Å². The number of thioether (sulfide) groups is 1. The van der Waals surface area contributed by atoms with Gasteiger partial charge in [-0.1, -0.05) is 17.4 Å². The van der Waals surface area contributed by atoms with Crippen LogP contribution in [0, 0.1) is 6.92 Å². The van der Waals surface area contributed by atoms with Crippen molar-refractivity contribution in [1.29, 1.82) is 0 Å². The highest BCUT2D eigenvalue weighted by atomic mass is 32.2. The van der Waals surface area contributed by atoms with Crippen molar-refractivity contribution in [2.24, 2.45) is 0 Å². The molecule has 1 atom stereocenters. The predicted octanol–water partition coefficient (Wildman–Crippen LogP) is 3.06. The lowest BCUT2D eigenvalue weighted by atomic mass is 10.3. The average Bonchev–Trinajstić information content (AvgIpc) is 2.96. The topological polar surface area (TPSA) is 68.0 Å². The Hall–Kier alpha value is -1.05. The number of rotatable bonds is 5. The van der Waals surface area contributed by atoms with E-state index in [2.05, 4.69) is 10.3 Å². The molecule has 0 aromatic carbocycles. The number of nitrogen functional groups attached to an aromatic ring is 1. The number of carbonyl (C=O) groups is 1. The minimum Gasteiger partial charge on any atom is -0.375 e. The molecule has 2 heterocycles. The summed E-state index contributed by atoms with van der Waals surface area (Å²) in [7, 11) is 0. The maximum absolute atomic E-state index is 11.9. The quantitative estimate of drug-likeness (QED) is 0.833. The van der Waals surface area contributed by atoms with E-state index in [1.165, 1.54) is 23.1 Å². The second-order valence-corrected chi connectivity index (χ2v) is 7.27. The second-order valence-electron chi connectivity index (χ2n) is 4.02. The first-order valence-electron chi connectivity index (χ1n) is 5.74. The zero-order valence-electron chi connectivity index (χ0n) is 10.7. The fourth-order valence-electron chi connectivity index (χ4n) is 1.56. The molecule has 0 radical (unpaired) electrons. The Balaban J connectivity index is 1.83. The van der Waals surface area contributed by atoms with Crippen molar-refractivity contribution >= 4 is 45.5 Å². The van der Waals surface area contributed by atoms with Crippen LogP contribution in [0.15, 0.2) is 21.7 Å². The van der Waals surface area contributed by atoms with Gasteiger partial charge in [0, 0.05) is 4.88 Å². The number of nitrogens with zero attached hydrogens (tertiary/aromatic N) is 1. The number of carbonyl (C=O) groups excluding carboxylic acids is 1. The maximum Gasteiger partial charge on any atom is 0.230 e. The molecule has 0 saturated heterocycles. The van der Waals surface area contributed by atoms with Crippen molar-refractivity contribution in [2.45, 2.75) is 24.1 Å². The van der Waals surface area contributed by atoms with E-state index in [-0.39, 0.29) is 11.9 Å². The third-order valence-electron chi connectivity index (χ3n) is 2.45. The zero-order valence-corrected chi connectivity index (χ0v) is 13.1. The van der Waals surface area contributed by atoms with Gasteiger partial charge < -0.3 is 11.1 Å². The number of thiophene rings is 1. The van der Waals surface area contributed by atoms with Crippen LogP contribution < -0.4 is 11.1 Å². The summed E-state index contributed by atoms with van der Waals surface area (Å²) >= 11 is 4.55. The molecule has 7 heteroatoms. The van der Waals surface area contributed by atoms with Crippen molar-refractivity contribution in [2.75, 3.05) is 11.5 Å². The molecule has 0 spiro atoms. The lowest BCUT2D eigenvalue weighted by Gasteiger charge is -2.11.